The third-order valence-electron chi connectivity index (χ3n) is 1.64. The van der Waals surface area contributed by atoms with Crippen molar-refractivity contribution < 1.29 is 4.79 Å². The Balaban J connectivity index is 3.08. The van der Waals surface area contributed by atoms with Crippen molar-refractivity contribution >= 4 is 11.5 Å². The predicted octanol–water partition coefficient (Wildman–Crippen LogP) is 2.23. The molecule has 56 valence electrons. The molecule has 0 unspecified atom stereocenters. The van der Waals surface area contributed by atoms with Crippen LogP contribution in [0, 0.1) is 6.92 Å². The average Bonchev–Trinajstić information content (AvgIpc) is 2.05. The maximum Gasteiger partial charge on any atom is 0.128 e. The van der Waals surface area contributed by atoms with Gasteiger partial charge in [0, 0.05) is 5.57 Å². The van der Waals surface area contributed by atoms with Crippen molar-refractivity contribution in [2.45, 2.75) is 13.8 Å². The van der Waals surface area contributed by atoms with Crippen molar-refractivity contribution in [3.63, 3.8) is 0 Å². The van der Waals surface area contributed by atoms with E-state index in [2.05, 4.69) is 0 Å². The molecule has 0 bridgehead atoms. The summed E-state index contributed by atoms with van der Waals surface area (Å²) in [6.07, 6.45) is 0. The van der Waals surface area contributed by atoms with Gasteiger partial charge in [0.15, 0.2) is 0 Å². The lowest BCUT2D eigenvalue weighted by Gasteiger charge is -1.96. The largest absolute Gasteiger partial charge is 0.233 e. The molecule has 0 fully saturated rings. The summed E-state index contributed by atoms with van der Waals surface area (Å²) in [4.78, 5) is 10.2. The molecular weight excluding hydrogens is 136 g/mol. The van der Waals surface area contributed by atoms with Crippen LogP contribution in [-0.2, 0) is 4.79 Å². The minimum absolute atomic E-state index is 0.657. The Hall–Kier alpha value is -1.33. The van der Waals surface area contributed by atoms with E-state index in [1.807, 2.05) is 37.1 Å². The van der Waals surface area contributed by atoms with Gasteiger partial charge in [0.05, 0.1) is 0 Å². The van der Waals surface area contributed by atoms with Crippen molar-refractivity contribution in [1.29, 1.82) is 0 Å². The first-order valence-corrected chi connectivity index (χ1v) is 3.53. The van der Waals surface area contributed by atoms with Crippen LogP contribution in [0.4, 0.5) is 0 Å². The van der Waals surface area contributed by atoms with Crippen LogP contribution in [0.3, 0.4) is 0 Å². The second-order valence-corrected chi connectivity index (χ2v) is 2.59. The first kappa shape index (κ1) is 7.77. The molecule has 0 radical (unpaired) electrons. The van der Waals surface area contributed by atoms with E-state index in [4.69, 9.17) is 0 Å². The van der Waals surface area contributed by atoms with Gasteiger partial charge in [-0.05, 0) is 19.4 Å². The Kier molecular flexibility index (Phi) is 2.25. The smallest absolute Gasteiger partial charge is 0.128 e. The number of carbonyl (C=O) groups excluding carboxylic acids is 1. The molecule has 0 N–H and O–H groups in total. The van der Waals surface area contributed by atoms with E-state index >= 15 is 0 Å². The second-order valence-electron chi connectivity index (χ2n) is 2.59. The molecule has 0 saturated carbocycles. The summed E-state index contributed by atoms with van der Waals surface area (Å²) < 4.78 is 0. The van der Waals surface area contributed by atoms with Gasteiger partial charge in [0.1, 0.15) is 5.94 Å². The number of aryl methyl sites for hydroxylation is 1. The fourth-order valence-corrected chi connectivity index (χ4v) is 0.862. The summed E-state index contributed by atoms with van der Waals surface area (Å²) in [6.45, 7) is 3.78. The molecule has 1 heteroatoms. The first-order valence-electron chi connectivity index (χ1n) is 3.53. The van der Waals surface area contributed by atoms with Crippen molar-refractivity contribution in [1.82, 2.24) is 0 Å². The Labute approximate surface area is 66.4 Å². The van der Waals surface area contributed by atoms with Gasteiger partial charge in [-0.15, -0.1) is 0 Å². The molecule has 0 saturated heterocycles. The summed E-state index contributed by atoms with van der Waals surface area (Å²) in [7, 11) is 0. The molecule has 0 aliphatic rings. The van der Waals surface area contributed by atoms with E-state index in [1.54, 1.807) is 6.92 Å². The molecule has 1 aromatic carbocycles. The fourth-order valence-electron chi connectivity index (χ4n) is 0.862. The van der Waals surface area contributed by atoms with E-state index in [0.717, 1.165) is 5.56 Å². The highest BCUT2D eigenvalue weighted by Crippen LogP contribution is 2.10. The lowest BCUT2D eigenvalue weighted by Crippen LogP contribution is -1.79. The summed E-state index contributed by atoms with van der Waals surface area (Å²) in [5.74, 6) is 1.87. The summed E-state index contributed by atoms with van der Waals surface area (Å²) >= 11 is 0. The Bertz CT molecular complexity index is 289. The van der Waals surface area contributed by atoms with Gasteiger partial charge in [0.2, 0.25) is 0 Å². The lowest BCUT2D eigenvalue weighted by atomic mass is 10.1. The SMILES string of the molecule is CC(=C=O)c1ccc(C)cc1. The van der Waals surface area contributed by atoms with E-state index in [9.17, 15) is 4.79 Å². The Morgan fingerprint density at radius 3 is 2.27 bits per heavy atom. The Morgan fingerprint density at radius 1 is 1.27 bits per heavy atom. The van der Waals surface area contributed by atoms with Gasteiger partial charge in [-0.1, -0.05) is 29.8 Å². The highest BCUT2D eigenvalue weighted by molar-refractivity contribution is 5.86. The molecule has 1 rings (SSSR count). The molecule has 0 heterocycles. The fraction of sp³-hybridized carbons (Fsp3) is 0.200. The van der Waals surface area contributed by atoms with Crippen LogP contribution in [-0.4, -0.2) is 5.94 Å². The number of benzene rings is 1. The van der Waals surface area contributed by atoms with E-state index in [0.29, 0.717) is 5.57 Å². The van der Waals surface area contributed by atoms with Crippen LogP contribution < -0.4 is 0 Å². The Morgan fingerprint density at radius 2 is 1.82 bits per heavy atom. The summed E-state index contributed by atoms with van der Waals surface area (Å²) in [5, 5.41) is 0. The van der Waals surface area contributed by atoms with Crippen molar-refractivity contribution in [2.24, 2.45) is 0 Å². The lowest BCUT2D eigenvalue weighted by molar-refractivity contribution is 0.569. The van der Waals surface area contributed by atoms with Crippen LogP contribution >= 0.6 is 0 Å². The maximum absolute atomic E-state index is 10.2. The van der Waals surface area contributed by atoms with E-state index in [1.165, 1.54) is 5.56 Å². The summed E-state index contributed by atoms with van der Waals surface area (Å²) in [5.41, 5.74) is 2.81. The number of rotatable bonds is 1. The molecule has 1 aromatic rings. The molecule has 0 amide bonds. The molecule has 0 atom stereocenters. The number of hydrogen-bond donors (Lipinski definition) is 0. The highest BCUT2D eigenvalue weighted by atomic mass is 16.1. The molecule has 0 aromatic heterocycles. The van der Waals surface area contributed by atoms with Crippen LogP contribution in [0.5, 0.6) is 0 Å². The zero-order valence-electron chi connectivity index (χ0n) is 6.72. The average molecular weight is 146 g/mol. The standard InChI is InChI=1S/C10H10O/c1-8-3-5-10(6-4-8)9(2)7-11/h3-6H,1-2H3. The van der Waals surface area contributed by atoms with E-state index < -0.39 is 0 Å². The molecule has 0 spiro atoms. The quantitative estimate of drug-likeness (QED) is 0.555. The van der Waals surface area contributed by atoms with Gasteiger partial charge in [-0.2, -0.15) is 0 Å². The van der Waals surface area contributed by atoms with Crippen LogP contribution in [0.25, 0.3) is 5.57 Å². The maximum atomic E-state index is 10.2. The van der Waals surface area contributed by atoms with Crippen LogP contribution in [0.2, 0.25) is 0 Å². The third kappa shape index (κ3) is 1.79. The predicted molar refractivity (Wildman–Crippen MR) is 46.0 cm³/mol. The van der Waals surface area contributed by atoms with Crippen LogP contribution in [0.15, 0.2) is 24.3 Å². The van der Waals surface area contributed by atoms with Crippen molar-refractivity contribution in [3.05, 3.63) is 35.4 Å². The first-order chi connectivity index (χ1) is 5.24. The van der Waals surface area contributed by atoms with Crippen molar-refractivity contribution in [3.8, 4) is 0 Å². The van der Waals surface area contributed by atoms with Gasteiger partial charge in [0.25, 0.3) is 0 Å². The van der Waals surface area contributed by atoms with Gasteiger partial charge >= 0.3 is 0 Å². The third-order valence-corrected chi connectivity index (χ3v) is 1.64. The highest BCUT2D eigenvalue weighted by Gasteiger charge is 1.93. The minimum Gasteiger partial charge on any atom is -0.233 e. The zero-order chi connectivity index (χ0) is 8.27. The van der Waals surface area contributed by atoms with Gasteiger partial charge < -0.3 is 0 Å². The van der Waals surface area contributed by atoms with E-state index in [-0.39, 0.29) is 0 Å². The molecule has 0 aliphatic carbocycles. The van der Waals surface area contributed by atoms with Crippen LogP contribution in [0.1, 0.15) is 18.1 Å². The van der Waals surface area contributed by atoms with Gasteiger partial charge in [-0.3, -0.25) is 0 Å². The van der Waals surface area contributed by atoms with Gasteiger partial charge in [-0.25, -0.2) is 4.79 Å². The normalized spacial score (nSPS) is 8.91. The topological polar surface area (TPSA) is 17.1 Å². The number of hydrogen-bond acceptors (Lipinski definition) is 1. The van der Waals surface area contributed by atoms with Crippen molar-refractivity contribution in [2.75, 3.05) is 0 Å². The molecule has 1 nitrogen and oxygen atoms in total. The monoisotopic (exact) mass is 146 g/mol. The molecular formula is C10H10O. The molecule has 0 aliphatic heterocycles. The minimum atomic E-state index is 0.657. The molecule has 11 heavy (non-hydrogen) atoms. The summed E-state index contributed by atoms with van der Waals surface area (Å²) in [6, 6.07) is 7.82. The number of allylic oxidation sites excluding steroid dienone is 1. The zero-order valence-corrected chi connectivity index (χ0v) is 6.72. The second kappa shape index (κ2) is 3.18.